The van der Waals surface area contributed by atoms with Gasteiger partial charge >= 0.3 is 0 Å². The first-order valence-electron chi connectivity index (χ1n) is 11.7. The molecule has 7 heteroatoms. The lowest BCUT2D eigenvalue weighted by molar-refractivity contribution is 0.0952. The van der Waals surface area contributed by atoms with Crippen LogP contribution in [0.5, 0.6) is 0 Å². The number of amides is 1. The maximum atomic E-state index is 12.5. The predicted molar refractivity (Wildman–Crippen MR) is 140 cm³/mol. The monoisotopic (exact) mass is 462 g/mol. The van der Waals surface area contributed by atoms with Crippen LogP contribution in [0.1, 0.15) is 74.0 Å². The standard InChI is InChI=1S/C26H34N6O.CH4/c1-3-8-23(21-9-7-13-28-16-21)31-25-18-29-17-24(32-25)20-10-11-22(19(2)15-20)26(33)30-14-6-4-5-12-27;/h7,9-11,13,15-18,23H,3-6,8,12,14,27H2,1-2H3,(H,30,33)(H,31,32);1H4. The Kier molecular flexibility index (Phi) is 11.1. The summed E-state index contributed by atoms with van der Waals surface area (Å²) in [6.07, 6.45) is 12.1. The van der Waals surface area contributed by atoms with E-state index in [0.29, 0.717) is 24.5 Å². The molecule has 0 saturated heterocycles. The van der Waals surface area contributed by atoms with Gasteiger partial charge in [0, 0.05) is 30.1 Å². The van der Waals surface area contributed by atoms with Crippen molar-refractivity contribution in [2.75, 3.05) is 18.4 Å². The summed E-state index contributed by atoms with van der Waals surface area (Å²) in [5.74, 6) is 0.666. The number of pyridine rings is 1. The minimum atomic E-state index is -0.0489. The Labute approximate surface area is 203 Å². The third-order valence-corrected chi connectivity index (χ3v) is 5.55. The van der Waals surface area contributed by atoms with Gasteiger partial charge in [0.05, 0.1) is 24.1 Å². The van der Waals surface area contributed by atoms with E-state index < -0.39 is 0 Å². The van der Waals surface area contributed by atoms with E-state index >= 15 is 0 Å². The van der Waals surface area contributed by atoms with Gasteiger partial charge in [-0.3, -0.25) is 14.8 Å². The molecule has 34 heavy (non-hydrogen) atoms. The highest BCUT2D eigenvalue weighted by molar-refractivity contribution is 5.96. The number of rotatable bonds is 12. The lowest BCUT2D eigenvalue weighted by Gasteiger charge is -2.19. The van der Waals surface area contributed by atoms with Crippen LogP contribution in [0.3, 0.4) is 0 Å². The summed E-state index contributed by atoms with van der Waals surface area (Å²) in [6, 6.07) is 9.91. The number of aromatic nitrogens is 3. The van der Waals surface area contributed by atoms with E-state index in [9.17, 15) is 4.79 Å². The van der Waals surface area contributed by atoms with Crippen molar-refractivity contribution in [3.8, 4) is 11.3 Å². The molecular formula is C27H38N6O. The molecule has 3 rings (SSSR count). The number of nitrogens with zero attached hydrogens (tertiary/aromatic N) is 3. The predicted octanol–water partition coefficient (Wildman–Crippen LogP) is 5.30. The Morgan fingerprint density at radius 1 is 1.09 bits per heavy atom. The molecule has 3 aromatic rings. The number of carbonyl (C=O) groups excluding carboxylic acids is 1. The lowest BCUT2D eigenvalue weighted by Crippen LogP contribution is -2.25. The molecule has 1 aromatic carbocycles. The van der Waals surface area contributed by atoms with Crippen LogP contribution in [0.25, 0.3) is 11.3 Å². The van der Waals surface area contributed by atoms with Gasteiger partial charge in [0.1, 0.15) is 5.82 Å². The zero-order valence-electron chi connectivity index (χ0n) is 19.6. The van der Waals surface area contributed by atoms with E-state index in [1.54, 1.807) is 18.6 Å². The molecule has 0 saturated carbocycles. The first-order valence-corrected chi connectivity index (χ1v) is 11.7. The van der Waals surface area contributed by atoms with Crippen LogP contribution in [-0.4, -0.2) is 33.9 Å². The summed E-state index contributed by atoms with van der Waals surface area (Å²) in [5.41, 5.74) is 9.92. The Morgan fingerprint density at radius 3 is 2.65 bits per heavy atom. The first kappa shape index (κ1) is 26.9. The van der Waals surface area contributed by atoms with Crippen molar-refractivity contribution < 1.29 is 4.79 Å². The molecule has 0 fully saturated rings. The van der Waals surface area contributed by atoms with Gasteiger partial charge in [0.25, 0.3) is 5.91 Å². The molecule has 1 atom stereocenters. The number of nitrogens with one attached hydrogen (secondary N) is 2. The van der Waals surface area contributed by atoms with Crippen LogP contribution in [-0.2, 0) is 0 Å². The molecule has 7 nitrogen and oxygen atoms in total. The van der Waals surface area contributed by atoms with Crippen molar-refractivity contribution >= 4 is 11.7 Å². The number of hydrogen-bond donors (Lipinski definition) is 3. The van der Waals surface area contributed by atoms with Gasteiger partial charge in [-0.1, -0.05) is 39.3 Å². The quantitative estimate of drug-likeness (QED) is 0.316. The van der Waals surface area contributed by atoms with E-state index in [0.717, 1.165) is 54.5 Å². The second-order valence-corrected chi connectivity index (χ2v) is 8.20. The fourth-order valence-corrected chi connectivity index (χ4v) is 3.77. The minimum Gasteiger partial charge on any atom is -0.362 e. The number of aryl methyl sites for hydroxylation is 1. The number of nitrogens with two attached hydrogens (primary N) is 1. The van der Waals surface area contributed by atoms with E-state index in [-0.39, 0.29) is 19.4 Å². The average molecular weight is 463 g/mol. The molecule has 2 heterocycles. The largest absolute Gasteiger partial charge is 0.362 e. The molecule has 4 N–H and O–H groups in total. The highest BCUT2D eigenvalue weighted by Crippen LogP contribution is 2.25. The van der Waals surface area contributed by atoms with E-state index in [1.807, 2.05) is 37.4 Å². The van der Waals surface area contributed by atoms with Crippen molar-refractivity contribution in [1.29, 1.82) is 0 Å². The minimum absolute atomic E-state index is 0. The molecule has 2 aromatic heterocycles. The number of anilines is 1. The van der Waals surface area contributed by atoms with Crippen molar-refractivity contribution in [1.82, 2.24) is 20.3 Å². The number of unbranched alkanes of at least 4 members (excludes halogenated alkanes) is 2. The zero-order valence-corrected chi connectivity index (χ0v) is 19.6. The fraction of sp³-hybridized carbons (Fsp3) is 0.407. The number of hydrogen-bond acceptors (Lipinski definition) is 6. The second kappa shape index (κ2) is 14.1. The molecule has 0 radical (unpaired) electrons. The Morgan fingerprint density at radius 2 is 1.94 bits per heavy atom. The summed E-state index contributed by atoms with van der Waals surface area (Å²) >= 11 is 0. The van der Waals surface area contributed by atoms with Crippen LogP contribution < -0.4 is 16.4 Å². The van der Waals surface area contributed by atoms with Gasteiger partial charge in [0.2, 0.25) is 0 Å². The van der Waals surface area contributed by atoms with Gasteiger partial charge in [0.15, 0.2) is 0 Å². The summed E-state index contributed by atoms with van der Waals surface area (Å²) < 4.78 is 0. The van der Waals surface area contributed by atoms with Crippen LogP contribution in [0.15, 0.2) is 55.1 Å². The average Bonchev–Trinajstić information content (AvgIpc) is 2.84. The second-order valence-electron chi connectivity index (χ2n) is 8.20. The molecule has 0 bridgehead atoms. The topological polar surface area (TPSA) is 106 Å². The molecule has 0 aliphatic heterocycles. The Balaban J connectivity index is 0.00000408. The molecule has 1 unspecified atom stereocenters. The van der Waals surface area contributed by atoms with Crippen LogP contribution in [0.4, 0.5) is 5.82 Å². The Hall–Kier alpha value is -3.32. The third-order valence-electron chi connectivity index (χ3n) is 5.55. The van der Waals surface area contributed by atoms with Crippen molar-refractivity contribution in [2.45, 2.75) is 59.4 Å². The highest BCUT2D eigenvalue weighted by atomic mass is 16.1. The first-order chi connectivity index (χ1) is 16.1. The summed E-state index contributed by atoms with van der Waals surface area (Å²) in [6.45, 7) is 5.46. The van der Waals surface area contributed by atoms with Crippen LogP contribution in [0, 0.1) is 6.92 Å². The van der Waals surface area contributed by atoms with Crippen molar-refractivity contribution in [3.05, 3.63) is 71.8 Å². The maximum absolute atomic E-state index is 12.5. The fourth-order valence-electron chi connectivity index (χ4n) is 3.77. The SMILES string of the molecule is C.CCCC(Nc1cncc(-c2ccc(C(=O)NCCCCCN)c(C)c2)n1)c1cccnc1. The van der Waals surface area contributed by atoms with Crippen LogP contribution >= 0.6 is 0 Å². The van der Waals surface area contributed by atoms with E-state index in [4.69, 9.17) is 10.7 Å². The zero-order chi connectivity index (χ0) is 23.5. The molecular weight excluding hydrogens is 424 g/mol. The normalized spacial score (nSPS) is 11.4. The number of benzene rings is 1. The van der Waals surface area contributed by atoms with Gasteiger partial charge in [-0.25, -0.2) is 4.98 Å². The summed E-state index contributed by atoms with van der Waals surface area (Å²) in [5, 5.41) is 6.50. The van der Waals surface area contributed by atoms with E-state index in [2.05, 4.69) is 33.6 Å². The van der Waals surface area contributed by atoms with Gasteiger partial charge in [-0.15, -0.1) is 0 Å². The smallest absolute Gasteiger partial charge is 0.251 e. The molecule has 0 spiro atoms. The van der Waals surface area contributed by atoms with Crippen molar-refractivity contribution in [3.63, 3.8) is 0 Å². The lowest BCUT2D eigenvalue weighted by atomic mass is 10.0. The van der Waals surface area contributed by atoms with Gasteiger partial charge in [-0.2, -0.15) is 0 Å². The maximum Gasteiger partial charge on any atom is 0.251 e. The van der Waals surface area contributed by atoms with Crippen LogP contribution in [0.2, 0.25) is 0 Å². The number of carbonyl (C=O) groups is 1. The highest BCUT2D eigenvalue weighted by Gasteiger charge is 2.14. The molecule has 0 aliphatic carbocycles. The van der Waals surface area contributed by atoms with Gasteiger partial charge in [-0.05, 0) is 62.1 Å². The Bertz CT molecular complexity index is 1020. The van der Waals surface area contributed by atoms with Crippen molar-refractivity contribution in [2.24, 2.45) is 5.73 Å². The third kappa shape index (κ3) is 7.63. The molecule has 1 amide bonds. The van der Waals surface area contributed by atoms with E-state index in [1.165, 1.54) is 0 Å². The molecule has 182 valence electrons. The summed E-state index contributed by atoms with van der Waals surface area (Å²) in [7, 11) is 0. The molecule has 0 aliphatic rings. The summed E-state index contributed by atoms with van der Waals surface area (Å²) in [4.78, 5) is 26.0. The van der Waals surface area contributed by atoms with Gasteiger partial charge < -0.3 is 16.4 Å².